The number of amides is 1. The summed E-state index contributed by atoms with van der Waals surface area (Å²) >= 11 is 12.1. The van der Waals surface area contributed by atoms with Crippen LogP contribution in [0.2, 0.25) is 10.0 Å². The van der Waals surface area contributed by atoms with Crippen molar-refractivity contribution in [3.05, 3.63) is 69.7 Å². The SMILES string of the molecule is CN(C(=O)Cc1ccc(Cl)c(Cl)c1)[C@H](CN1CC[C@@H](OS(C)(=O)=O)C1)c1ccccc1. The van der Waals surface area contributed by atoms with Crippen molar-refractivity contribution >= 4 is 39.2 Å². The van der Waals surface area contributed by atoms with Crippen molar-refractivity contribution in [3.63, 3.8) is 0 Å². The minimum Gasteiger partial charge on any atom is -0.337 e. The molecule has 2 aromatic carbocycles. The van der Waals surface area contributed by atoms with Gasteiger partial charge in [0.25, 0.3) is 10.1 Å². The summed E-state index contributed by atoms with van der Waals surface area (Å²) in [7, 11) is -1.70. The predicted molar refractivity (Wildman–Crippen MR) is 123 cm³/mol. The Labute approximate surface area is 193 Å². The van der Waals surface area contributed by atoms with Crippen molar-refractivity contribution in [2.24, 2.45) is 0 Å². The Morgan fingerprint density at radius 2 is 1.90 bits per heavy atom. The molecule has 0 aliphatic carbocycles. The Morgan fingerprint density at radius 3 is 2.55 bits per heavy atom. The zero-order chi connectivity index (χ0) is 22.6. The molecule has 0 saturated carbocycles. The Morgan fingerprint density at radius 1 is 1.19 bits per heavy atom. The highest BCUT2D eigenvalue weighted by Gasteiger charge is 2.30. The zero-order valence-electron chi connectivity index (χ0n) is 17.5. The summed E-state index contributed by atoms with van der Waals surface area (Å²) < 4.78 is 28.0. The fourth-order valence-corrected chi connectivity index (χ4v) is 4.75. The van der Waals surface area contributed by atoms with Crippen LogP contribution in [-0.2, 0) is 25.5 Å². The average molecular weight is 485 g/mol. The number of hydrogen-bond acceptors (Lipinski definition) is 5. The van der Waals surface area contributed by atoms with Crippen LogP contribution in [0.1, 0.15) is 23.6 Å². The number of carbonyl (C=O) groups excluding carboxylic acids is 1. The molecular weight excluding hydrogens is 459 g/mol. The molecule has 9 heteroatoms. The van der Waals surface area contributed by atoms with E-state index in [4.69, 9.17) is 27.4 Å². The minimum atomic E-state index is -3.49. The summed E-state index contributed by atoms with van der Waals surface area (Å²) in [6.07, 6.45) is 1.55. The lowest BCUT2D eigenvalue weighted by atomic mass is 10.0. The van der Waals surface area contributed by atoms with Gasteiger partial charge in [0.2, 0.25) is 5.91 Å². The molecule has 0 aromatic heterocycles. The van der Waals surface area contributed by atoms with E-state index in [0.717, 1.165) is 17.4 Å². The summed E-state index contributed by atoms with van der Waals surface area (Å²) in [6.45, 7) is 1.79. The fourth-order valence-electron chi connectivity index (χ4n) is 3.78. The van der Waals surface area contributed by atoms with Gasteiger partial charge in [0.1, 0.15) is 0 Å². The second-order valence-electron chi connectivity index (χ2n) is 7.83. The molecular formula is C22H26Cl2N2O4S. The second-order valence-corrected chi connectivity index (χ2v) is 10.2. The smallest absolute Gasteiger partial charge is 0.264 e. The van der Waals surface area contributed by atoms with Gasteiger partial charge < -0.3 is 4.90 Å². The molecule has 31 heavy (non-hydrogen) atoms. The van der Waals surface area contributed by atoms with Gasteiger partial charge in [-0.1, -0.05) is 59.6 Å². The summed E-state index contributed by atoms with van der Waals surface area (Å²) in [5, 5.41) is 0.872. The van der Waals surface area contributed by atoms with Gasteiger partial charge >= 0.3 is 0 Å². The average Bonchev–Trinajstić information content (AvgIpc) is 3.14. The second kappa shape index (κ2) is 10.3. The number of carbonyl (C=O) groups is 1. The van der Waals surface area contributed by atoms with E-state index >= 15 is 0 Å². The van der Waals surface area contributed by atoms with E-state index in [1.54, 1.807) is 30.1 Å². The molecule has 6 nitrogen and oxygen atoms in total. The van der Waals surface area contributed by atoms with E-state index in [9.17, 15) is 13.2 Å². The van der Waals surface area contributed by atoms with E-state index in [1.165, 1.54) is 0 Å². The molecule has 0 spiro atoms. The highest BCUT2D eigenvalue weighted by atomic mass is 35.5. The number of benzene rings is 2. The van der Waals surface area contributed by atoms with Crippen molar-refractivity contribution in [1.29, 1.82) is 0 Å². The number of hydrogen-bond donors (Lipinski definition) is 0. The molecule has 168 valence electrons. The lowest BCUT2D eigenvalue weighted by Crippen LogP contribution is -2.39. The lowest BCUT2D eigenvalue weighted by Gasteiger charge is -2.32. The maximum Gasteiger partial charge on any atom is 0.264 e. The molecule has 1 fully saturated rings. The molecule has 1 amide bonds. The van der Waals surface area contributed by atoms with E-state index in [2.05, 4.69) is 4.90 Å². The first-order valence-corrected chi connectivity index (χ1v) is 12.5. The molecule has 1 aliphatic heterocycles. The van der Waals surface area contributed by atoms with Crippen LogP contribution in [0.3, 0.4) is 0 Å². The van der Waals surface area contributed by atoms with Gasteiger partial charge in [-0.25, -0.2) is 0 Å². The highest BCUT2D eigenvalue weighted by Crippen LogP contribution is 2.26. The molecule has 0 N–H and O–H groups in total. The highest BCUT2D eigenvalue weighted by molar-refractivity contribution is 7.86. The van der Waals surface area contributed by atoms with Crippen LogP contribution in [0.5, 0.6) is 0 Å². The van der Waals surface area contributed by atoms with Crippen molar-refractivity contribution in [3.8, 4) is 0 Å². The summed E-state index contributed by atoms with van der Waals surface area (Å²) in [4.78, 5) is 17.0. The van der Waals surface area contributed by atoms with E-state index in [1.807, 2.05) is 30.3 Å². The summed E-state index contributed by atoms with van der Waals surface area (Å²) in [5.41, 5.74) is 1.81. The first kappa shape index (κ1) is 24.0. The fraction of sp³-hybridized carbons (Fsp3) is 0.409. The number of rotatable bonds is 8. The molecule has 0 bridgehead atoms. The molecule has 1 saturated heterocycles. The number of likely N-dealkylation sites (tertiary alicyclic amines) is 1. The van der Waals surface area contributed by atoms with Crippen LogP contribution in [-0.4, -0.2) is 63.2 Å². The monoisotopic (exact) mass is 484 g/mol. The first-order valence-electron chi connectivity index (χ1n) is 9.97. The van der Waals surface area contributed by atoms with Crippen LogP contribution in [0.15, 0.2) is 48.5 Å². The van der Waals surface area contributed by atoms with Crippen LogP contribution < -0.4 is 0 Å². The van der Waals surface area contributed by atoms with Crippen molar-refractivity contribution in [1.82, 2.24) is 9.80 Å². The van der Waals surface area contributed by atoms with Crippen LogP contribution in [0.4, 0.5) is 0 Å². The van der Waals surface area contributed by atoms with Crippen LogP contribution in [0, 0.1) is 0 Å². The predicted octanol–water partition coefficient (Wildman–Crippen LogP) is 3.79. The van der Waals surface area contributed by atoms with E-state index in [-0.39, 0.29) is 24.5 Å². The number of halogens is 2. The minimum absolute atomic E-state index is 0.0459. The van der Waals surface area contributed by atoms with Gasteiger partial charge in [-0.3, -0.25) is 13.9 Å². The third kappa shape index (κ3) is 6.92. The Kier molecular flexibility index (Phi) is 7.99. The third-order valence-corrected chi connectivity index (χ3v) is 6.72. The molecule has 1 aliphatic rings. The topological polar surface area (TPSA) is 66.9 Å². The summed E-state index contributed by atoms with van der Waals surface area (Å²) in [6, 6.07) is 14.8. The normalized spacial score (nSPS) is 18.1. The molecule has 3 rings (SSSR count). The third-order valence-electron chi connectivity index (χ3n) is 5.36. The van der Waals surface area contributed by atoms with Crippen LogP contribution >= 0.6 is 23.2 Å². The molecule has 0 radical (unpaired) electrons. The van der Waals surface area contributed by atoms with Crippen LogP contribution in [0.25, 0.3) is 0 Å². The largest absolute Gasteiger partial charge is 0.337 e. The van der Waals surface area contributed by atoms with Crippen molar-refractivity contribution in [2.75, 3.05) is 32.9 Å². The maximum atomic E-state index is 13.1. The van der Waals surface area contributed by atoms with Crippen molar-refractivity contribution < 1.29 is 17.4 Å². The van der Waals surface area contributed by atoms with Gasteiger partial charge in [-0.2, -0.15) is 8.42 Å². The molecule has 2 aromatic rings. The standard InChI is InChI=1S/C22H26Cl2N2O4S/c1-25(22(27)13-16-8-9-19(23)20(24)12-16)21(17-6-4-3-5-7-17)15-26-11-10-18(14-26)30-31(2,28)29/h3-9,12,18,21H,10-11,13-15H2,1-2H3/t18-,21-/m1/s1. The van der Waals surface area contributed by atoms with Crippen molar-refractivity contribution in [2.45, 2.75) is 25.0 Å². The number of nitrogens with zero attached hydrogens (tertiary/aromatic N) is 2. The van der Waals surface area contributed by atoms with E-state index < -0.39 is 10.1 Å². The van der Waals surface area contributed by atoms with Gasteiger partial charge in [0, 0.05) is 26.7 Å². The Bertz CT molecular complexity index is 1020. The molecule has 1 heterocycles. The molecule has 2 atom stereocenters. The zero-order valence-corrected chi connectivity index (χ0v) is 19.8. The molecule has 0 unspecified atom stereocenters. The van der Waals surface area contributed by atoms with E-state index in [0.29, 0.717) is 36.1 Å². The van der Waals surface area contributed by atoms with Gasteiger partial charge in [0.15, 0.2) is 0 Å². The number of likely N-dealkylation sites (N-methyl/N-ethyl adjacent to an activating group) is 1. The first-order chi connectivity index (χ1) is 14.6. The maximum absolute atomic E-state index is 13.1. The lowest BCUT2D eigenvalue weighted by molar-refractivity contribution is -0.131. The Hall–Kier alpha value is -1.64. The van der Waals surface area contributed by atoms with Gasteiger partial charge in [-0.15, -0.1) is 0 Å². The van der Waals surface area contributed by atoms with Gasteiger partial charge in [-0.05, 0) is 29.7 Å². The van der Waals surface area contributed by atoms with Gasteiger partial charge in [0.05, 0.1) is 34.9 Å². The summed E-state index contributed by atoms with van der Waals surface area (Å²) in [5.74, 6) is -0.0459. The quantitative estimate of drug-likeness (QED) is 0.533. The Balaban J connectivity index is 1.73.